The molecule has 98 valence electrons. The third-order valence-electron chi connectivity index (χ3n) is 2.53. The van der Waals surface area contributed by atoms with Gasteiger partial charge in [-0.1, -0.05) is 24.3 Å². The average molecular weight is 256 g/mol. The Balaban J connectivity index is 1.91. The van der Waals surface area contributed by atoms with E-state index in [4.69, 9.17) is 9.47 Å². The lowest BCUT2D eigenvalue weighted by Gasteiger charge is -2.08. The molecule has 2 rings (SSSR count). The highest BCUT2D eigenvalue weighted by molar-refractivity contribution is 5.74. The van der Waals surface area contributed by atoms with Gasteiger partial charge >= 0.3 is 5.97 Å². The van der Waals surface area contributed by atoms with Crippen LogP contribution in [0.15, 0.2) is 48.5 Å². The second-order valence-corrected chi connectivity index (χ2v) is 4.40. The number of rotatable bonds is 4. The van der Waals surface area contributed by atoms with Crippen LogP contribution in [0.1, 0.15) is 11.1 Å². The number of para-hydroxylation sites is 1. The van der Waals surface area contributed by atoms with Gasteiger partial charge in [-0.2, -0.15) is 0 Å². The van der Waals surface area contributed by atoms with Crippen LogP contribution >= 0.6 is 0 Å². The zero-order valence-corrected chi connectivity index (χ0v) is 11.1. The minimum Gasteiger partial charge on any atom is -0.482 e. The van der Waals surface area contributed by atoms with E-state index < -0.39 is 5.97 Å². The lowest BCUT2D eigenvalue weighted by molar-refractivity contribution is -0.136. The minimum atomic E-state index is -0.408. The zero-order valence-electron chi connectivity index (χ0n) is 11.1. The van der Waals surface area contributed by atoms with Gasteiger partial charge in [-0.05, 0) is 49.2 Å². The molecule has 0 heterocycles. The van der Waals surface area contributed by atoms with Crippen molar-refractivity contribution in [1.82, 2.24) is 0 Å². The van der Waals surface area contributed by atoms with E-state index >= 15 is 0 Å². The van der Waals surface area contributed by atoms with Crippen LogP contribution in [0.4, 0.5) is 0 Å². The third-order valence-corrected chi connectivity index (χ3v) is 2.53. The molecule has 0 saturated heterocycles. The van der Waals surface area contributed by atoms with Gasteiger partial charge in [-0.3, -0.25) is 0 Å². The van der Waals surface area contributed by atoms with Crippen LogP contribution in [0, 0.1) is 13.8 Å². The van der Waals surface area contributed by atoms with Crippen LogP contribution in [0.3, 0.4) is 0 Å². The van der Waals surface area contributed by atoms with Crippen LogP contribution in [-0.2, 0) is 4.79 Å². The zero-order chi connectivity index (χ0) is 13.7. The molecule has 2 aromatic carbocycles. The first-order chi connectivity index (χ1) is 9.13. The van der Waals surface area contributed by atoms with Crippen molar-refractivity contribution in [2.45, 2.75) is 13.8 Å². The van der Waals surface area contributed by atoms with Crippen molar-refractivity contribution in [3.05, 3.63) is 59.7 Å². The summed E-state index contributed by atoms with van der Waals surface area (Å²) < 4.78 is 10.6. The minimum absolute atomic E-state index is 0.100. The monoisotopic (exact) mass is 256 g/mol. The first-order valence-electron chi connectivity index (χ1n) is 6.10. The predicted octanol–water partition coefficient (Wildman–Crippen LogP) is 3.29. The molecule has 0 spiro atoms. The van der Waals surface area contributed by atoms with Crippen molar-refractivity contribution in [1.29, 1.82) is 0 Å². The molecule has 0 aromatic heterocycles. The molecule has 0 unspecified atom stereocenters. The quantitative estimate of drug-likeness (QED) is 0.622. The highest BCUT2D eigenvalue weighted by Crippen LogP contribution is 2.16. The lowest BCUT2D eigenvalue weighted by atomic mass is 10.1. The Morgan fingerprint density at radius 1 is 0.947 bits per heavy atom. The molecular formula is C16H16O3. The van der Waals surface area contributed by atoms with Crippen molar-refractivity contribution in [3.63, 3.8) is 0 Å². The van der Waals surface area contributed by atoms with E-state index in [0.29, 0.717) is 11.5 Å². The molecule has 3 nitrogen and oxygen atoms in total. The molecular weight excluding hydrogens is 240 g/mol. The molecule has 19 heavy (non-hydrogen) atoms. The Morgan fingerprint density at radius 2 is 1.58 bits per heavy atom. The number of hydrogen-bond acceptors (Lipinski definition) is 3. The third kappa shape index (κ3) is 4.14. The first kappa shape index (κ1) is 13.1. The van der Waals surface area contributed by atoms with Gasteiger partial charge in [0.1, 0.15) is 11.5 Å². The normalized spacial score (nSPS) is 10.0. The molecule has 2 aromatic rings. The average Bonchev–Trinajstić information content (AvgIpc) is 2.36. The molecule has 3 heteroatoms. The van der Waals surface area contributed by atoms with E-state index in [1.807, 2.05) is 50.2 Å². The summed E-state index contributed by atoms with van der Waals surface area (Å²) >= 11 is 0. The van der Waals surface area contributed by atoms with E-state index in [-0.39, 0.29) is 6.61 Å². The summed E-state index contributed by atoms with van der Waals surface area (Å²) in [6.45, 7) is 3.83. The fraction of sp³-hybridized carbons (Fsp3) is 0.188. The summed E-state index contributed by atoms with van der Waals surface area (Å²) in [7, 11) is 0. The number of aryl methyl sites for hydroxylation is 2. The molecule has 0 radical (unpaired) electrons. The van der Waals surface area contributed by atoms with Gasteiger partial charge in [0.05, 0.1) is 0 Å². The Labute approximate surface area is 112 Å². The van der Waals surface area contributed by atoms with E-state index in [2.05, 4.69) is 0 Å². The molecule has 0 atom stereocenters. The second-order valence-electron chi connectivity index (χ2n) is 4.40. The lowest BCUT2D eigenvalue weighted by Crippen LogP contribution is -2.17. The van der Waals surface area contributed by atoms with Crippen LogP contribution in [0.5, 0.6) is 11.5 Å². The largest absolute Gasteiger partial charge is 0.482 e. The predicted molar refractivity (Wildman–Crippen MR) is 73.5 cm³/mol. The van der Waals surface area contributed by atoms with Gasteiger partial charge in [-0.15, -0.1) is 0 Å². The van der Waals surface area contributed by atoms with Gasteiger partial charge in [0.25, 0.3) is 0 Å². The fourth-order valence-corrected chi connectivity index (χ4v) is 1.81. The van der Waals surface area contributed by atoms with Crippen molar-refractivity contribution in [3.8, 4) is 11.5 Å². The molecule has 0 aliphatic heterocycles. The number of carbonyl (C=O) groups is 1. The summed E-state index contributed by atoms with van der Waals surface area (Å²) in [6, 6.07) is 14.9. The molecule has 0 fully saturated rings. The van der Waals surface area contributed by atoms with Crippen molar-refractivity contribution < 1.29 is 14.3 Å². The number of hydrogen-bond donors (Lipinski definition) is 0. The molecule has 0 aliphatic carbocycles. The number of carbonyl (C=O) groups excluding carboxylic acids is 1. The van der Waals surface area contributed by atoms with Gasteiger partial charge < -0.3 is 9.47 Å². The maximum absolute atomic E-state index is 11.7. The Kier molecular flexibility index (Phi) is 4.18. The van der Waals surface area contributed by atoms with Gasteiger partial charge in [0.2, 0.25) is 0 Å². The smallest absolute Gasteiger partial charge is 0.349 e. The maximum Gasteiger partial charge on any atom is 0.349 e. The SMILES string of the molecule is Cc1cc(C)cc(OC(=O)COc2ccccc2)c1. The van der Waals surface area contributed by atoms with Crippen LogP contribution in [0.2, 0.25) is 0 Å². The topological polar surface area (TPSA) is 35.5 Å². The van der Waals surface area contributed by atoms with E-state index in [1.165, 1.54) is 0 Å². The fourth-order valence-electron chi connectivity index (χ4n) is 1.81. The Bertz CT molecular complexity index is 541. The second kappa shape index (κ2) is 6.05. The summed E-state index contributed by atoms with van der Waals surface area (Å²) in [4.78, 5) is 11.7. The Morgan fingerprint density at radius 3 is 2.21 bits per heavy atom. The Hall–Kier alpha value is -2.29. The van der Waals surface area contributed by atoms with Crippen LogP contribution < -0.4 is 9.47 Å². The highest BCUT2D eigenvalue weighted by Gasteiger charge is 2.06. The standard InChI is InChI=1S/C16H16O3/c1-12-8-13(2)10-15(9-12)19-16(17)11-18-14-6-4-3-5-7-14/h3-10H,11H2,1-2H3. The molecule has 0 saturated carbocycles. The maximum atomic E-state index is 11.7. The summed E-state index contributed by atoms with van der Waals surface area (Å²) in [5.74, 6) is 0.799. The van der Waals surface area contributed by atoms with Crippen LogP contribution in [-0.4, -0.2) is 12.6 Å². The van der Waals surface area contributed by atoms with Gasteiger partial charge in [-0.25, -0.2) is 4.79 Å². The van der Waals surface area contributed by atoms with Crippen molar-refractivity contribution in [2.24, 2.45) is 0 Å². The van der Waals surface area contributed by atoms with Crippen molar-refractivity contribution in [2.75, 3.05) is 6.61 Å². The first-order valence-corrected chi connectivity index (χ1v) is 6.10. The van der Waals surface area contributed by atoms with E-state index in [0.717, 1.165) is 11.1 Å². The molecule has 0 bridgehead atoms. The number of ether oxygens (including phenoxy) is 2. The van der Waals surface area contributed by atoms with Gasteiger partial charge in [0.15, 0.2) is 6.61 Å². The molecule has 0 aliphatic rings. The van der Waals surface area contributed by atoms with E-state index in [9.17, 15) is 4.79 Å². The van der Waals surface area contributed by atoms with Gasteiger partial charge in [0, 0.05) is 0 Å². The summed E-state index contributed by atoms with van der Waals surface area (Å²) in [5.41, 5.74) is 2.12. The summed E-state index contributed by atoms with van der Waals surface area (Å²) in [5, 5.41) is 0. The highest BCUT2D eigenvalue weighted by atomic mass is 16.6. The van der Waals surface area contributed by atoms with E-state index in [1.54, 1.807) is 12.1 Å². The number of benzene rings is 2. The number of esters is 1. The van der Waals surface area contributed by atoms with Crippen LogP contribution in [0.25, 0.3) is 0 Å². The molecule has 0 amide bonds. The molecule has 0 N–H and O–H groups in total. The summed E-state index contributed by atoms with van der Waals surface area (Å²) in [6.07, 6.45) is 0. The van der Waals surface area contributed by atoms with Crippen molar-refractivity contribution >= 4 is 5.97 Å².